The Morgan fingerprint density at radius 2 is 0.726 bits per heavy atom. The molecule has 11 aromatic rings. The van der Waals surface area contributed by atoms with Crippen LogP contribution in [0.4, 0.5) is 0 Å². The van der Waals surface area contributed by atoms with Gasteiger partial charge in [-0.3, -0.25) is 0 Å². The lowest BCUT2D eigenvalue weighted by molar-refractivity contribution is 0.794. The van der Waals surface area contributed by atoms with E-state index in [4.69, 9.17) is 15.0 Å². The summed E-state index contributed by atoms with van der Waals surface area (Å²) in [6.07, 6.45) is 0. The summed E-state index contributed by atoms with van der Waals surface area (Å²) in [5.41, 5.74) is 18.0. The van der Waals surface area contributed by atoms with Gasteiger partial charge < -0.3 is 0 Å². The Hall–Kier alpha value is -7.79. The van der Waals surface area contributed by atoms with Gasteiger partial charge in [-0.1, -0.05) is 194 Å². The van der Waals surface area contributed by atoms with Gasteiger partial charge in [0.2, 0.25) is 0 Å². The SMILES string of the molecule is c1ccc(-c2nc(-c3ccc(-c4ccc(-c5ccc6c(c5)-c5ccccc5C65c6ccccc6-c6ccccc65)cc4)cc3)nc(-c3cccc4sc5ccccc5c34)n2)cc1. The molecule has 0 bridgehead atoms. The first-order chi connectivity index (χ1) is 30.7. The molecule has 2 aliphatic carbocycles. The van der Waals surface area contributed by atoms with E-state index in [9.17, 15) is 0 Å². The van der Waals surface area contributed by atoms with Crippen LogP contribution in [0.25, 0.3) is 98.8 Å². The van der Waals surface area contributed by atoms with E-state index >= 15 is 0 Å². The van der Waals surface area contributed by atoms with E-state index in [2.05, 4.69) is 194 Å². The number of benzene rings is 9. The van der Waals surface area contributed by atoms with Crippen LogP contribution >= 0.6 is 11.3 Å². The fourth-order valence-electron chi connectivity index (χ4n) is 10.2. The monoisotopic (exact) mass is 805 g/mol. The van der Waals surface area contributed by atoms with Crippen LogP contribution in [0.3, 0.4) is 0 Å². The maximum Gasteiger partial charge on any atom is 0.164 e. The van der Waals surface area contributed by atoms with E-state index in [1.54, 1.807) is 11.3 Å². The van der Waals surface area contributed by atoms with Crippen LogP contribution < -0.4 is 0 Å². The molecule has 0 amide bonds. The van der Waals surface area contributed by atoms with E-state index in [0.717, 1.165) is 27.8 Å². The van der Waals surface area contributed by atoms with Gasteiger partial charge in [0.15, 0.2) is 17.5 Å². The number of fused-ring (bicyclic) bond motifs is 13. The van der Waals surface area contributed by atoms with Crippen LogP contribution in [-0.4, -0.2) is 15.0 Å². The Balaban J connectivity index is 0.852. The molecule has 0 aliphatic heterocycles. The van der Waals surface area contributed by atoms with Gasteiger partial charge in [-0.15, -0.1) is 11.3 Å². The standard InChI is InChI=1S/C58H35N3S/c1-2-13-39(14-3-1)55-59-56(61-57(60-55)46-19-12-24-53-54(46)45-18-7-11-23-52(45)62-53)40-31-29-37(30-32-40)36-25-27-38(28-26-36)41-33-34-51-47(35-41)44-17-6-10-22-50(44)58(51)48-20-8-4-15-42(48)43-16-5-9-21-49(43)58/h1-35H. The molecule has 0 fully saturated rings. The summed E-state index contributed by atoms with van der Waals surface area (Å²) in [6.45, 7) is 0. The van der Waals surface area contributed by atoms with Gasteiger partial charge in [-0.25, -0.2) is 15.0 Å². The van der Waals surface area contributed by atoms with Gasteiger partial charge >= 0.3 is 0 Å². The summed E-state index contributed by atoms with van der Waals surface area (Å²) in [4.78, 5) is 15.3. The first-order valence-electron chi connectivity index (χ1n) is 21.1. The third kappa shape index (κ3) is 5.14. The zero-order chi connectivity index (χ0) is 40.8. The Morgan fingerprint density at radius 1 is 0.290 bits per heavy atom. The summed E-state index contributed by atoms with van der Waals surface area (Å²) in [5, 5.41) is 2.40. The van der Waals surface area contributed by atoms with Crippen LogP contribution in [0.15, 0.2) is 212 Å². The molecule has 1 spiro atoms. The topological polar surface area (TPSA) is 38.7 Å². The lowest BCUT2D eigenvalue weighted by Gasteiger charge is -2.30. The highest BCUT2D eigenvalue weighted by atomic mass is 32.1. The molecule has 13 rings (SSSR count). The molecule has 2 aliphatic rings. The van der Waals surface area contributed by atoms with Crippen molar-refractivity contribution in [1.82, 2.24) is 15.0 Å². The minimum Gasteiger partial charge on any atom is -0.208 e. The van der Waals surface area contributed by atoms with E-state index in [1.165, 1.54) is 75.8 Å². The predicted octanol–water partition coefficient (Wildman–Crippen LogP) is 14.9. The minimum absolute atomic E-state index is 0.327. The molecule has 0 saturated carbocycles. The molecule has 0 unspecified atom stereocenters. The van der Waals surface area contributed by atoms with Gasteiger partial charge in [0, 0.05) is 36.9 Å². The average molecular weight is 806 g/mol. The molecule has 288 valence electrons. The normalized spacial score (nSPS) is 13.0. The van der Waals surface area contributed by atoms with Gasteiger partial charge in [-0.05, 0) is 85.0 Å². The smallest absolute Gasteiger partial charge is 0.164 e. The second kappa shape index (κ2) is 13.6. The third-order valence-electron chi connectivity index (χ3n) is 13.0. The zero-order valence-electron chi connectivity index (χ0n) is 33.5. The average Bonchev–Trinajstić information content (AvgIpc) is 3.98. The quantitative estimate of drug-likeness (QED) is 0.174. The highest BCUT2D eigenvalue weighted by Crippen LogP contribution is 2.63. The van der Waals surface area contributed by atoms with Crippen LogP contribution in [0, 0.1) is 0 Å². The van der Waals surface area contributed by atoms with Crippen molar-refractivity contribution in [1.29, 1.82) is 0 Å². The largest absolute Gasteiger partial charge is 0.208 e. The highest BCUT2D eigenvalue weighted by molar-refractivity contribution is 7.25. The van der Waals surface area contributed by atoms with Crippen molar-refractivity contribution in [3.05, 3.63) is 235 Å². The molecule has 2 aromatic heterocycles. The van der Waals surface area contributed by atoms with E-state index < -0.39 is 0 Å². The number of hydrogen-bond donors (Lipinski definition) is 0. The maximum absolute atomic E-state index is 5.15. The Labute approximate surface area is 363 Å². The number of thiophene rings is 1. The minimum atomic E-state index is -0.327. The maximum atomic E-state index is 5.15. The summed E-state index contributed by atoms with van der Waals surface area (Å²) in [6, 6.07) is 76.8. The van der Waals surface area contributed by atoms with Crippen molar-refractivity contribution < 1.29 is 0 Å². The second-order valence-electron chi connectivity index (χ2n) is 16.3. The molecule has 0 atom stereocenters. The number of nitrogens with zero attached hydrogens (tertiary/aromatic N) is 3. The molecular formula is C58H35N3S. The molecule has 0 radical (unpaired) electrons. The summed E-state index contributed by atoms with van der Waals surface area (Å²) >= 11 is 1.80. The first kappa shape index (κ1) is 35.0. The van der Waals surface area contributed by atoms with Crippen molar-refractivity contribution >= 4 is 31.5 Å². The molecule has 62 heavy (non-hydrogen) atoms. The van der Waals surface area contributed by atoms with Crippen molar-refractivity contribution in [2.24, 2.45) is 0 Å². The predicted molar refractivity (Wildman–Crippen MR) is 256 cm³/mol. The highest BCUT2D eigenvalue weighted by Gasteiger charge is 2.51. The van der Waals surface area contributed by atoms with Crippen molar-refractivity contribution in [3.63, 3.8) is 0 Å². The summed E-state index contributed by atoms with van der Waals surface area (Å²) in [7, 11) is 0. The first-order valence-corrected chi connectivity index (χ1v) is 21.9. The van der Waals surface area contributed by atoms with Crippen molar-refractivity contribution in [3.8, 4) is 78.7 Å². The van der Waals surface area contributed by atoms with Gasteiger partial charge in [0.1, 0.15) is 0 Å². The fourth-order valence-corrected chi connectivity index (χ4v) is 11.4. The van der Waals surface area contributed by atoms with Crippen molar-refractivity contribution in [2.45, 2.75) is 5.41 Å². The number of hydrogen-bond acceptors (Lipinski definition) is 4. The van der Waals surface area contributed by atoms with Gasteiger partial charge in [-0.2, -0.15) is 0 Å². The Kier molecular flexibility index (Phi) is 7.69. The second-order valence-corrected chi connectivity index (χ2v) is 17.3. The Bertz CT molecular complexity index is 3520. The van der Waals surface area contributed by atoms with Gasteiger partial charge in [0.05, 0.1) is 5.41 Å². The molecule has 2 heterocycles. The molecule has 9 aromatic carbocycles. The van der Waals surface area contributed by atoms with Gasteiger partial charge in [0.25, 0.3) is 0 Å². The molecule has 4 heteroatoms. The molecule has 3 nitrogen and oxygen atoms in total. The third-order valence-corrected chi connectivity index (χ3v) is 14.1. The molecule has 0 N–H and O–H groups in total. The lowest BCUT2D eigenvalue weighted by Crippen LogP contribution is -2.25. The number of rotatable bonds is 5. The zero-order valence-corrected chi connectivity index (χ0v) is 34.3. The fraction of sp³-hybridized carbons (Fsp3) is 0.0172. The van der Waals surface area contributed by atoms with E-state index in [1.807, 2.05) is 18.2 Å². The molecular weight excluding hydrogens is 771 g/mol. The lowest BCUT2D eigenvalue weighted by atomic mass is 9.70. The van der Waals surface area contributed by atoms with Crippen LogP contribution in [0.2, 0.25) is 0 Å². The summed E-state index contributed by atoms with van der Waals surface area (Å²) < 4.78 is 2.47. The van der Waals surface area contributed by atoms with Crippen molar-refractivity contribution in [2.75, 3.05) is 0 Å². The number of aromatic nitrogens is 3. The van der Waals surface area contributed by atoms with Crippen LogP contribution in [-0.2, 0) is 5.41 Å². The van der Waals surface area contributed by atoms with E-state index in [-0.39, 0.29) is 5.41 Å². The summed E-state index contributed by atoms with van der Waals surface area (Å²) in [5.74, 6) is 1.98. The Morgan fingerprint density at radius 3 is 1.37 bits per heavy atom. The van der Waals surface area contributed by atoms with Crippen LogP contribution in [0.5, 0.6) is 0 Å². The van der Waals surface area contributed by atoms with E-state index in [0.29, 0.717) is 17.5 Å². The van der Waals surface area contributed by atoms with Crippen LogP contribution in [0.1, 0.15) is 22.3 Å². The molecule has 0 saturated heterocycles.